The number of ether oxygens (including phenoxy) is 2. The molecule has 4 rings (SSSR count). The Balaban J connectivity index is 1.58. The molecule has 1 amide bonds. The van der Waals surface area contributed by atoms with Crippen LogP contribution in [0.3, 0.4) is 0 Å². The maximum Gasteiger partial charge on any atom is 0.344 e. The third-order valence-corrected chi connectivity index (χ3v) is 7.28. The number of aryl methyl sites for hydroxylation is 2. The number of carbonyl (C=O) groups excluding carboxylic acids is 2. The standard InChI is InChI=1S/C30H26BrNO5S/c1-4-36-30(35)26-27(33)25(38-29(26)32-28(34)22-12-7-19(3)8-13-22)16-21-11-14-24(23(31)15-21)37-17-20-9-5-18(2)6-10-20/h5-16,33H,4,17H2,1-3H3/b25-16-,32-29?. The molecule has 0 saturated carbocycles. The summed E-state index contributed by atoms with van der Waals surface area (Å²) in [6.07, 6.45) is 1.71. The molecule has 1 heterocycles. The first kappa shape index (κ1) is 27.4. The first-order chi connectivity index (χ1) is 18.2. The van der Waals surface area contributed by atoms with Crippen molar-refractivity contribution < 1.29 is 24.2 Å². The molecule has 0 unspecified atom stereocenters. The number of halogens is 1. The van der Waals surface area contributed by atoms with Gasteiger partial charge in [0.05, 0.1) is 16.0 Å². The lowest BCUT2D eigenvalue weighted by atomic mass is 10.1. The number of rotatable bonds is 7. The van der Waals surface area contributed by atoms with Gasteiger partial charge in [0.15, 0.2) is 0 Å². The molecule has 0 atom stereocenters. The van der Waals surface area contributed by atoms with Gasteiger partial charge in [-0.05, 0) is 78.2 Å². The van der Waals surface area contributed by atoms with Gasteiger partial charge in [-0.25, -0.2) is 9.79 Å². The van der Waals surface area contributed by atoms with E-state index in [1.807, 2.05) is 68.4 Å². The van der Waals surface area contributed by atoms with Crippen molar-refractivity contribution in [2.45, 2.75) is 27.4 Å². The Morgan fingerprint density at radius 1 is 1.00 bits per heavy atom. The zero-order valence-corrected chi connectivity index (χ0v) is 23.6. The van der Waals surface area contributed by atoms with Gasteiger partial charge >= 0.3 is 5.97 Å². The summed E-state index contributed by atoms with van der Waals surface area (Å²) >= 11 is 4.59. The number of hydrogen-bond acceptors (Lipinski definition) is 6. The van der Waals surface area contributed by atoms with Crippen LogP contribution in [0.4, 0.5) is 0 Å². The molecular weight excluding hydrogens is 566 g/mol. The molecule has 0 fully saturated rings. The van der Waals surface area contributed by atoms with Crippen LogP contribution >= 0.6 is 27.7 Å². The molecule has 3 aromatic rings. The van der Waals surface area contributed by atoms with Gasteiger partial charge in [0.1, 0.15) is 28.7 Å². The molecule has 0 spiro atoms. The normalized spacial score (nSPS) is 15.3. The Labute approximate surface area is 234 Å². The maximum absolute atomic E-state index is 12.8. The van der Waals surface area contributed by atoms with Crippen LogP contribution in [0.5, 0.6) is 5.75 Å². The summed E-state index contributed by atoms with van der Waals surface area (Å²) < 4.78 is 11.8. The molecule has 0 aromatic heterocycles. The average Bonchev–Trinajstić information content (AvgIpc) is 3.19. The maximum atomic E-state index is 12.8. The minimum atomic E-state index is -0.739. The van der Waals surface area contributed by atoms with Crippen LogP contribution in [0.25, 0.3) is 6.08 Å². The van der Waals surface area contributed by atoms with Crippen molar-refractivity contribution >= 4 is 50.7 Å². The molecule has 0 aliphatic carbocycles. The highest BCUT2D eigenvalue weighted by Crippen LogP contribution is 2.40. The summed E-state index contributed by atoms with van der Waals surface area (Å²) in [5.41, 5.74) is 4.27. The van der Waals surface area contributed by atoms with Crippen molar-refractivity contribution in [1.82, 2.24) is 0 Å². The SMILES string of the molecule is CCOC(=O)C1=C(O)/C(=C/c2ccc(OCc3ccc(C)cc3)c(Br)c2)SC1=NC(=O)c1ccc(C)cc1. The lowest BCUT2D eigenvalue weighted by molar-refractivity contribution is -0.138. The van der Waals surface area contributed by atoms with Crippen molar-refractivity contribution in [1.29, 1.82) is 0 Å². The fraction of sp³-hybridized carbons (Fsp3) is 0.167. The third kappa shape index (κ3) is 6.62. The Morgan fingerprint density at radius 2 is 1.66 bits per heavy atom. The summed E-state index contributed by atoms with van der Waals surface area (Å²) in [7, 11) is 0. The second-order valence-electron chi connectivity index (χ2n) is 8.61. The molecule has 6 nitrogen and oxygen atoms in total. The van der Waals surface area contributed by atoms with Crippen molar-refractivity contribution in [3.63, 3.8) is 0 Å². The summed E-state index contributed by atoms with van der Waals surface area (Å²) in [5.74, 6) is -0.858. The van der Waals surface area contributed by atoms with Crippen LogP contribution in [-0.2, 0) is 16.1 Å². The lowest BCUT2D eigenvalue weighted by Crippen LogP contribution is -2.14. The molecule has 1 aliphatic heterocycles. The Bertz CT molecular complexity index is 1460. The fourth-order valence-corrected chi connectivity index (χ4v) is 5.09. The van der Waals surface area contributed by atoms with E-state index in [9.17, 15) is 14.7 Å². The first-order valence-electron chi connectivity index (χ1n) is 11.9. The number of esters is 1. The van der Waals surface area contributed by atoms with Crippen molar-refractivity contribution in [2.24, 2.45) is 4.99 Å². The van der Waals surface area contributed by atoms with Gasteiger partial charge in [-0.1, -0.05) is 65.4 Å². The fourth-order valence-electron chi connectivity index (χ4n) is 3.57. The largest absolute Gasteiger partial charge is 0.506 e. The van der Waals surface area contributed by atoms with Gasteiger partial charge in [0.2, 0.25) is 0 Å². The predicted octanol–water partition coefficient (Wildman–Crippen LogP) is 7.35. The summed E-state index contributed by atoms with van der Waals surface area (Å²) in [6, 6.07) is 20.6. The highest BCUT2D eigenvalue weighted by Gasteiger charge is 2.34. The van der Waals surface area contributed by atoms with Crippen LogP contribution in [-0.4, -0.2) is 28.6 Å². The van der Waals surface area contributed by atoms with E-state index in [0.29, 0.717) is 22.8 Å². The predicted molar refractivity (Wildman–Crippen MR) is 154 cm³/mol. The van der Waals surface area contributed by atoms with Crippen LogP contribution in [0.15, 0.2) is 92.4 Å². The number of benzene rings is 3. The number of aliphatic imine (C=N–C) groups is 1. The van der Waals surface area contributed by atoms with Crippen LogP contribution in [0, 0.1) is 13.8 Å². The number of thioether (sulfide) groups is 1. The van der Waals surface area contributed by atoms with E-state index in [2.05, 4.69) is 20.9 Å². The molecule has 0 saturated heterocycles. The average molecular weight is 593 g/mol. The van der Waals surface area contributed by atoms with Crippen molar-refractivity contribution in [3.8, 4) is 5.75 Å². The van der Waals surface area contributed by atoms with Gasteiger partial charge in [0.25, 0.3) is 5.91 Å². The molecular formula is C30H26BrNO5S. The highest BCUT2D eigenvalue weighted by molar-refractivity contribution is 9.10. The minimum absolute atomic E-state index is 0.0925. The summed E-state index contributed by atoms with van der Waals surface area (Å²) in [5, 5.41) is 11.0. The van der Waals surface area contributed by atoms with Gasteiger partial charge in [-0.3, -0.25) is 4.79 Å². The van der Waals surface area contributed by atoms with Gasteiger partial charge in [0, 0.05) is 5.56 Å². The molecule has 8 heteroatoms. The van der Waals surface area contributed by atoms with E-state index in [4.69, 9.17) is 9.47 Å². The summed E-state index contributed by atoms with van der Waals surface area (Å²) in [4.78, 5) is 29.9. The number of amides is 1. The molecule has 194 valence electrons. The molecule has 1 aliphatic rings. The quantitative estimate of drug-likeness (QED) is 0.289. The zero-order chi connectivity index (χ0) is 27.2. The highest BCUT2D eigenvalue weighted by atomic mass is 79.9. The molecule has 0 bridgehead atoms. The second kappa shape index (κ2) is 12.3. The molecule has 0 radical (unpaired) electrons. The van der Waals surface area contributed by atoms with E-state index in [1.165, 1.54) is 5.56 Å². The number of carbonyl (C=O) groups is 2. The molecule has 1 N–H and O–H groups in total. The van der Waals surface area contributed by atoms with E-state index in [1.54, 1.807) is 25.1 Å². The topological polar surface area (TPSA) is 85.2 Å². The Kier molecular flexibility index (Phi) is 8.86. The number of hydrogen-bond donors (Lipinski definition) is 1. The Hall–Kier alpha value is -3.62. The minimum Gasteiger partial charge on any atom is -0.506 e. The monoisotopic (exact) mass is 591 g/mol. The van der Waals surface area contributed by atoms with Gasteiger partial charge in [-0.2, -0.15) is 0 Å². The summed E-state index contributed by atoms with van der Waals surface area (Å²) in [6.45, 7) is 6.18. The second-order valence-corrected chi connectivity index (χ2v) is 10.5. The van der Waals surface area contributed by atoms with Crippen molar-refractivity contribution in [3.05, 3.63) is 115 Å². The van der Waals surface area contributed by atoms with Crippen LogP contribution in [0.2, 0.25) is 0 Å². The van der Waals surface area contributed by atoms with Gasteiger partial charge in [-0.15, -0.1) is 0 Å². The van der Waals surface area contributed by atoms with E-state index < -0.39 is 11.9 Å². The molecule has 38 heavy (non-hydrogen) atoms. The first-order valence-corrected chi connectivity index (χ1v) is 13.5. The van der Waals surface area contributed by atoms with Crippen LogP contribution in [0.1, 0.15) is 39.5 Å². The number of nitrogens with zero attached hydrogens (tertiary/aromatic N) is 1. The van der Waals surface area contributed by atoms with E-state index in [0.717, 1.165) is 32.9 Å². The van der Waals surface area contributed by atoms with Gasteiger partial charge < -0.3 is 14.6 Å². The van der Waals surface area contributed by atoms with E-state index in [-0.39, 0.29) is 23.0 Å². The number of aliphatic hydroxyl groups is 1. The third-order valence-electron chi connectivity index (χ3n) is 5.64. The van der Waals surface area contributed by atoms with Crippen molar-refractivity contribution in [2.75, 3.05) is 6.61 Å². The smallest absolute Gasteiger partial charge is 0.344 e. The zero-order valence-electron chi connectivity index (χ0n) is 21.2. The lowest BCUT2D eigenvalue weighted by Gasteiger charge is -2.09. The van der Waals surface area contributed by atoms with E-state index >= 15 is 0 Å². The van der Waals surface area contributed by atoms with Crippen LogP contribution < -0.4 is 4.74 Å². The Morgan fingerprint density at radius 3 is 2.29 bits per heavy atom. The molecule has 3 aromatic carbocycles. The number of aliphatic hydroxyl groups excluding tert-OH is 1.